The average molecular weight is 330 g/mol. The summed E-state index contributed by atoms with van der Waals surface area (Å²) in [5.41, 5.74) is 2.86. The van der Waals surface area contributed by atoms with Gasteiger partial charge in [-0.15, -0.1) is 0 Å². The van der Waals surface area contributed by atoms with Gasteiger partial charge in [0.25, 0.3) is 0 Å². The van der Waals surface area contributed by atoms with Crippen molar-refractivity contribution in [3.63, 3.8) is 0 Å². The number of nitrogens with one attached hydrogen (secondary N) is 1. The van der Waals surface area contributed by atoms with Gasteiger partial charge in [-0.25, -0.2) is 4.98 Å². The highest BCUT2D eigenvalue weighted by Crippen LogP contribution is 2.16. The molecule has 0 aliphatic carbocycles. The molecular weight excluding hydrogens is 312 g/mol. The number of benzene rings is 2. The smallest absolute Gasteiger partial charge is 0.229 e. The number of hydrogen-bond acceptors (Lipinski definition) is 3. The first kappa shape index (κ1) is 16.6. The summed E-state index contributed by atoms with van der Waals surface area (Å²) in [4.78, 5) is 29.2. The lowest BCUT2D eigenvalue weighted by atomic mass is 9.96. The van der Waals surface area contributed by atoms with E-state index in [0.717, 1.165) is 5.56 Å². The minimum atomic E-state index is -0.202. The fourth-order valence-corrected chi connectivity index (χ4v) is 2.61. The van der Waals surface area contributed by atoms with Crippen molar-refractivity contribution in [2.45, 2.75) is 13.3 Å². The maximum Gasteiger partial charge on any atom is 0.229 e. The summed E-state index contributed by atoms with van der Waals surface area (Å²) in [6.45, 7) is 1.94. The van der Waals surface area contributed by atoms with Gasteiger partial charge < -0.3 is 5.32 Å². The summed E-state index contributed by atoms with van der Waals surface area (Å²) in [5.74, 6) is 0.223. The summed E-state index contributed by atoms with van der Waals surface area (Å²) < 4.78 is 0. The molecule has 0 bridgehead atoms. The molecule has 0 atom stereocenters. The van der Waals surface area contributed by atoms with E-state index < -0.39 is 0 Å². The number of pyridine rings is 1. The van der Waals surface area contributed by atoms with Crippen molar-refractivity contribution in [3.05, 3.63) is 95.2 Å². The van der Waals surface area contributed by atoms with Crippen LogP contribution in [0.2, 0.25) is 0 Å². The fraction of sp³-hybridized carbons (Fsp3) is 0.0952. The number of anilines is 1. The molecule has 25 heavy (non-hydrogen) atoms. The molecule has 0 spiro atoms. The topological polar surface area (TPSA) is 59.1 Å². The summed E-state index contributed by atoms with van der Waals surface area (Å²) in [7, 11) is 0. The third-order valence-electron chi connectivity index (χ3n) is 3.83. The number of aryl methyl sites for hydroxylation is 1. The molecule has 0 aliphatic heterocycles. The maximum absolute atomic E-state index is 12.7. The molecule has 1 aromatic heterocycles. The Bertz CT molecular complexity index is 905. The van der Waals surface area contributed by atoms with Gasteiger partial charge in [-0.05, 0) is 30.2 Å². The highest BCUT2D eigenvalue weighted by atomic mass is 16.1. The Labute approximate surface area is 146 Å². The number of aromatic nitrogens is 1. The lowest BCUT2D eigenvalue weighted by Gasteiger charge is -2.09. The monoisotopic (exact) mass is 330 g/mol. The first-order valence-corrected chi connectivity index (χ1v) is 8.03. The van der Waals surface area contributed by atoms with Gasteiger partial charge in [-0.1, -0.05) is 54.6 Å². The van der Waals surface area contributed by atoms with Crippen molar-refractivity contribution in [1.82, 2.24) is 4.98 Å². The van der Waals surface area contributed by atoms with E-state index in [2.05, 4.69) is 10.3 Å². The first-order chi connectivity index (χ1) is 12.1. The molecule has 2 aromatic carbocycles. The second-order valence-electron chi connectivity index (χ2n) is 5.80. The van der Waals surface area contributed by atoms with Gasteiger partial charge in [-0.3, -0.25) is 9.59 Å². The van der Waals surface area contributed by atoms with Crippen LogP contribution in [0.15, 0.2) is 72.9 Å². The van der Waals surface area contributed by atoms with Gasteiger partial charge in [0, 0.05) is 17.3 Å². The predicted octanol–water partition coefficient (Wildman–Crippen LogP) is 3.80. The minimum absolute atomic E-state index is 0.0855. The Hall–Kier alpha value is -3.27. The molecule has 0 fully saturated rings. The maximum atomic E-state index is 12.7. The van der Waals surface area contributed by atoms with Crippen LogP contribution in [-0.4, -0.2) is 16.7 Å². The lowest BCUT2D eigenvalue weighted by Crippen LogP contribution is -2.17. The first-order valence-electron chi connectivity index (χ1n) is 8.03. The van der Waals surface area contributed by atoms with Crippen LogP contribution in [0, 0.1) is 6.92 Å². The molecule has 3 rings (SSSR count). The molecule has 4 nitrogen and oxygen atoms in total. The van der Waals surface area contributed by atoms with E-state index >= 15 is 0 Å². The predicted molar refractivity (Wildman–Crippen MR) is 97.6 cm³/mol. The van der Waals surface area contributed by atoms with Crippen LogP contribution in [0.3, 0.4) is 0 Å². The van der Waals surface area contributed by atoms with E-state index in [1.807, 2.05) is 37.3 Å². The molecule has 124 valence electrons. The molecule has 0 aliphatic rings. The molecule has 4 heteroatoms. The van der Waals surface area contributed by atoms with Gasteiger partial charge in [0.05, 0.1) is 6.42 Å². The Morgan fingerprint density at radius 2 is 1.68 bits per heavy atom. The lowest BCUT2D eigenvalue weighted by molar-refractivity contribution is -0.115. The molecule has 0 saturated carbocycles. The van der Waals surface area contributed by atoms with Crippen LogP contribution in [0.4, 0.5) is 5.82 Å². The van der Waals surface area contributed by atoms with Gasteiger partial charge in [0.15, 0.2) is 5.78 Å². The summed E-state index contributed by atoms with van der Waals surface area (Å²) in [6.07, 6.45) is 1.77. The van der Waals surface area contributed by atoms with E-state index in [-0.39, 0.29) is 18.1 Å². The molecule has 0 radical (unpaired) electrons. The Balaban J connectivity index is 1.79. The van der Waals surface area contributed by atoms with Crippen molar-refractivity contribution in [1.29, 1.82) is 0 Å². The molecule has 1 heterocycles. The van der Waals surface area contributed by atoms with Gasteiger partial charge >= 0.3 is 0 Å². The van der Waals surface area contributed by atoms with Gasteiger partial charge in [0.2, 0.25) is 5.91 Å². The van der Waals surface area contributed by atoms with Crippen molar-refractivity contribution < 1.29 is 9.59 Å². The van der Waals surface area contributed by atoms with E-state index in [0.29, 0.717) is 22.5 Å². The van der Waals surface area contributed by atoms with Crippen molar-refractivity contribution in [3.8, 4) is 0 Å². The average Bonchev–Trinajstić information content (AvgIpc) is 2.62. The highest BCUT2D eigenvalue weighted by Gasteiger charge is 2.15. The Kier molecular flexibility index (Phi) is 5.00. The zero-order chi connectivity index (χ0) is 17.6. The SMILES string of the molecule is Cc1ccnc(NC(=O)Cc2ccccc2C(=O)c2ccccc2)c1. The third-order valence-corrected chi connectivity index (χ3v) is 3.83. The quantitative estimate of drug-likeness (QED) is 0.724. The highest BCUT2D eigenvalue weighted by molar-refractivity contribution is 6.10. The van der Waals surface area contributed by atoms with E-state index in [1.54, 1.807) is 42.6 Å². The largest absolute Gasteiger partial charge is 0.310 e. The van der Waals surface area contributed by atoms with Crippen molar-refractivity contribution in [2.75, 3.05) is 5.32 Å². The fourth-order valence-electron chi connectivity index (χ4n) is 2.61. The number of carbonyl (C=O) groups is 2. The normalized spacial score (nSPS) is 10.3. The second kappa shape index (κ2) is 7.53. The number of amides is 1. The van der Waals surface area contributed by atoms with E-state index in [1.165, 1.54) is 0 Å². The van der Waals surface area contributed by atoms with Gasteiger partial charge in [0.1, 0.15) is 5.82 Å². The van der Waals surface area contributed by atoms with Crippen molar-refractivity contribution >= 4 is 17.5 Å². The number of carbonyl (C=O) groups excluding carboxylic acids is 2. The van der Waals surface area contributed by atoms with Crippen LogP contribution < -0.4 is 5.32 Å². The summed E-state index contributed by atoms with van der Waals surface area (Å²) in [5, 5.41) is 2.78. The van der Waals surface area contributed by atoms with Crippen LogP contribution in [-0.2, 0) is 11.2 Å². The zero-order valence-electron chi connectivity index (χ0n) is 13.9. The minimum Gasteiger partial charge on any atom is -0.310 e. The van der Waals surface area contributed by atoms with Crippen molar-refractivity contribution in [2.24, 2.45) is 0 Å². The molecule has 1 amide bonds. The zero-order valence-corrected chi connectivity index (χ0v) is 13.9. The number of ketones is 1. The third kappa shape index (κ3) is 4.18. The summed E-state index contributed by atoms with van der Waals surface area (Å²) in [6, 6.07) is 19.9. The van der Waals surface area contributed by atoms with Crippen LogP contribution in [0.5, 0.6) is 0 Å². The molecule has 0 unspecified atom stereocenters. The standard InChI is InChI=1S/C21H18N2O2/c1-15-11-12-22-19(13-15)23-20(24)14-17-9-5-6-10-18(17)21(25)16-7-3-2-4-8-16/h2-13H,14H2,1H3,(H,22,23,24). The number of rotatable bonds is 5. The second-order valence-corrected chi connectivity index (χ2v) is 5.80. The van der Waals surface area contributed by atoms with Gasteiger partial charge in [-0.2, -0.15) is 0 Å². The molecule has 0 saturated heterocycles. The van der Waals surface area contributed by atoms with Crippen LogP contribution >= 0.6 is 0 Å². The number of nitrogens with zero attached hydrogens (tertiary/aromatic N) is 1. The molecular formula is C21H18N2O2. The molecule has 3 aromatic rings. The van der Waals surface area contributed by atoms with Crippen LogP contribution in [0.1, 0.15) is 27.0 Å². The Morgan fingerprint density at radius 3 is 2.44 bits per heavy atom. The number of hydrogen-bond donors (Lipinski definition) is 1. The summed E-state index contributed by atoms with van der Waals surface area (Å²) >= 11 is 0. The van der Waals surface area contributed by atoms with E-state index in [4.69, 9.17) is 0 Å². The van der Waals surface area contributed by atoms with E-state index in [9.17, 15) is 9.59 Å². The Morgan fingerprint density at radius 1 is 0.960 bits per heavy atom. The van der Waals surface area contributed by atoms with Crippen LogP contribution in [0.25, 0.3) is 0 Å². The molecule has 1 N–H and O–H groups in total.